The van der Waals surface area contributed by atoms with Gasteiger partial charge in [-0.3, -0.25) is 4.79 Å². The van der Waals surface area contributed by atoms with Gasteiger partial charge in [-0.1, -0.05) is 12.1 Å². The van der Waals surface area contributed by atoms with E-state index in [1.54, 1.807) is 0 Å². The summed E-state index contributed by atoms with van der Waals surface area (Å²) in [5.74, 6) is -0.887. The minimum absolute atomic E-state index is 0.216. The van der Waals surface area contributed by atoms with Crippen molar-refractivity contribution in [1.82, 2.24) is 15.3 Å². The number of hydrogen-bond donors (Lipinski definition) is 2. The smallest absolute Gasteiger partial charge is 0.352 e. The molecule has 0 saturated heterocycles. The maximum Gasteiger partial charge on any atom is 0.416 e. The fourth-order valence-electron chi connectivity index (χ4n) is 2.56. The third-order valence-electron chi connectivity index (χ3n) is 3.95. The van der Waals surface area contributed by atoms with Crippen molar-refractivity contribution < 1.29 is 26.7 Å². The van der Waals surface area contributed by atoms with E-state index in [4.69, 9.17) is 0 Å². The number of rotatable bonds is 5. The van der Waals surface area contributed by atoms with Crippen molar-refractivity contribution in [3.8, 4) is 0 Å². The van der Waals surface area contributed by atoms with E-state index in [2.05, 4.69) is 15.3 Å². The Labute approximate surface area is 150 Å². The monoisotopic (exact) mass is 383 g/mol. The van der Waals surface area contributed by atoms with Gasteiger partial charge in [0, 0.05) is 12.1 Å². The molecule has 2 N–H and O–H groups in total. The summed E-state index contributed by atoms with van der Waals surface area (Å²) < 4.78 is 62.8. The normalized spacial score (nSPS) is 11.9. The number of fused-ring (bicyclic) bond motifs is 1. The van der Waals surface area contributed by atoms with Crippen LogP contribution in [0.3, 0.4) is 0 Å². The largest absolute Gasteiger partial charge is 0.416 e. The number of benzene rings is 2. The molecule has 27 heavy (non-hydrogen) atoms. The first-order chi connectivity index (χ1) is 12.7. The second-order valence-electron chi connectivity index (χ2n) is 5.86. The van der Waals surface area contributed by atoms with E-state index in [-0.39, 0.29) is 12.1 Å². The molecule has 3 aromatic rings. The number of nitrogens with zero attached hydrogens (tertiary/aromatic N) is 1. The van der Waals surface area contributed by atoms with Gasteiger partial charge in [0.25, 0.3) is 12.3 Å². The van der Waals surface area contributed by atoms with Gasteiger partial charge in [0.1, 0.15) is 0 Å². The molecular formula is C18H14F5N3O. The Morgan fingerprint density at radius 2 is 1.81 bits per heavy atom. The third-order valence-corrected chi connectivity index (χ3v) is 3.95. The summed E-state index contributed by atoms with van der Waals surface area (Å²) in [4.78, 5) is 18.3. The Morgan fingerprint density at radius 1 is 1.11 bits per heavy atom. The van der Waals surface area contributed by atoms with Crippen molar-refractivity contribution in [1.29, 1.82) is 0 Å². The van der Waals surface area contributed by atoms with Crippen molar-refractivity contribution in [2.24, 2.45) is 0 Å². The lowest BCUT2D eigenvalue weighted by Gasteiger charge is -2.08. The number of hydrogen-bond acceptors (Lipinski definition) is 2. The molecule has 1 aromatic heterocycles. The van der Waals surface area contributed by atoms with Crippen LogP contribution in [0.2, 0.25) is 0 Å². The zero-order valence-corrected chi connectivity index (χ0v) is 13.8. The summed E-state index contributed by atoms with van der Waals surface area (Å²) in [6, 6.07) is 9.04. The molecule has 2 aromatic carbocycles. The Kier molecular flexibility index (Phi) is 5.11. The minimum Gasteiger partial charge on any atom is -0.352 e. The number of aromatic nitrogens is 2. The number of aromatic amines is 1. The van der Waals surface area contributed by atoms with E-state index in [0.717, 1.165) is 12.1 Å². The topological polar surface area (TPSA) is 57.8 Å². The average Bonchev–Trinajstić information content (AvgIpc) is 3.05. The molecule has 0 saturated carbocycles. The molecule has 0 aliphatic heterocycles. The van der Waals surface area contributed by atoms with E-state index in [1.807, 2.05) is 0 Å². The Morgan fingerprint density at radius 3 is 2.44 bits per heavy atom. The number of alkyl halides is 5. The van der Waals surface area contributed by atoms with Gasteiger partial charge in [-0.2, -0.15) is 13.2 Å². The molecule has 142 valence electrons. The Bertz CT molecular complexity index is 948. The number of nitrogens with one attached hydrogen (secondary N) is 2. The Hall–Kier alpha value is -2.97. The number of amides is 1. The summed E-state index contributed by atoms with van der Waals surface area (Å²) in [5, 5.41) is 2.64. The van der Waals surface area contributed by atoms with E-state index in [1.165, 1.54) is 30.3 Å². The van der Waals surface area contributed by atoms with E-state index >= 15 is 0 Å². The first kappa shape index (κ1) is 18.8. The highest BCUT2D eigenvalue weighted by Gasteiger charge is 2.29. The highest BCUT2D eigenvalue weighted by Crippen LogP contribution is 2.29. The van der Waals surface area contributed by atoms with Gasteiger partial charge in [-0.25, -0.2) is 13.8 Å². The van der Waals surface area contributed by atoms with Crippen LogP contribution >= 0.6 is 0 Å². The van der Waals surface area contributed by atoms with Gasteiger partial charge < -0.3 is 10.3 Å². The second kappa shape index (κ2) is 7.34. The predicted octanol–water partition coefficient (Wildman–Crippen LogP) is 4.49. The number of carbonyl (C=O) groups is 1. The SMILES string of the molecule is O=C(NCCc1ccc(C(F)(F)F)cc1)c1ccc2nc(C(F)F)[nH]c2c1. The van der Waals surface area contributed by atoms with Crippen LogP contribution in [0.5, 0.6) is 0 Å². The Balaban J connectivity index is 1.60. The van der Waals surface area contributed by atoms with E-state index in [9.17, 15) is 26.7 Å². The van der Waals surface area contributed by atoms with Crippen molar-refractivity contribution in [2.75, 3.05) is 6.54 Å². The molecule has 0 fully saturated rings. The molecule has 4 nitrogen and oxygen atoms in total. The minimum atomic E-state index is -4.39. The van der Waals surface area contributed by atoms with Gasteiger partial charge in [0.15, 0.2) is 5.82 Å². The summed E-state index contributed by atoms with van der Waals surface area (Å²) in [7, 11) is 0. The average molecular weight is 383 g/mol. The molecule has 0 bridgehead atoms. The lowest BCUT2D eigenvalue weighted by atomic mass is 10.1. The van der Waals surface area contributed by atoms with Crippen molar-refractivity contribution in [3.05, 3.63) is 65.0 Å². The highest BCUT2D eigenvalue weighted by molar-refractivity contribution is 5.97. The molecule has 0 atom stereocenters. The van der Waals surface area contributed by atoms with Crippen LogP contribution in [0.4, 0.5) is 22.0 Å². The maximum atomic E-state index is 12.6. The van der Waals surface area contributed by atoms with Gasteiger partial charge in [0.2, 0.25) is 0 Å². The molecule has 0 aliphatic rings. The number of halogens is 5. The molecular weight excluding hydrogens is 369 g/mol. The summed E-state index contributed by atoms with van der Waals surface area (Å²) in [6.45, 7) is 0.216. The van der Waals surface area contributed by atoms with Crippen LogP contribution in [-0.2, 0) is 12.6 Å². The molecule has 1 heterocycles. The summed E-state index contributed by atoms with van der Waals surface area (Å²) >= 11 is 0. The van der Waals surface area contributed by atoms with Gasteiger partial charge in [-0.05, 0) is 42.3 Å². The van der Waals surface area contributed by atoms with Gasteiger partial charge in [0.05, 0.1) is 16.6 Å². The zero-order valence-electron chi connectivity index (χ0n) is 13.8. The van der Waals surface area contributed by atoms with Gasteiger partial charge >= 0.3 is 6.18 Å². The van der Waals surface area contributed by atoms with Crippen molar-refractivity contribution >= 4 is 16.9 Å². The second-order valence-corrected chi connectivity index (χ2v) is 5.86. The lowest BCUT2D eigenvalue weighted by molar-refractivity contribution is -0.137. The molecule has 3 rings (SSSR count). The van der Waals surface area contributed by atoms with Crippen LogP contribution in [-0.4, -0.2) is 22.4 Å². The fourth-order valence-corrected chi connectivity index (χ4v) is 2.56. The number of imidazole rings is 1. The lowest BCUT2D eigenvalue weighted by Crippen LogP contribution is -2.25. The zero-order chi connectivity index (χ0) is 19.6. The number of H-pyrrole nitrogens is 1. The number of carbonyl (C=O) groups excluding carboxylic acids is 1. The van der Waals surface area contributed by atoms with Crippen LogP contribution in [0.25, 0.3) is 11.0 Å². The third kappa shape index (κ3) is 4.42. The van der Waals surface area contributed by atoms with Gasteiger partial charge in [-0.15, -0.1) is 0 Å². The molecule has 0 radical (unpaired) electrons. The van der Waals surface area contributed by atoms with Crippen LogP contribution in [0, 0.1) is 0 Å². The van der Waals surface area contributed by atoms with Crippen LogP contribution in [0.15, 0.2) is 42.5 Å². The van der Waals surface area contributed by atoms with E-state index < -0.39 is 29.9 Å². The first-order valence-electron chi connectivity index (χ1n) is 7.96. The van der Waals surface area contributed by atoms with Crippen LogP contribution < -0.4 is 5.32 Å². The fraction of sp³-hybridized carbons (Fsp3) is 0.222. The van der Waals surface area contributed by atoms with Crippen molar-refractivity contribution in [2.45, 2.75) is 19.0 Å². The van der Waals surface area contributed by atoms with Crippen LogP contribution in [0.1, 0.15) is 33.7 Å². The molecule has 0 spiro atoms. The predicted molar refractivity (Wildman–Crippen MR) is 88.5 cm³/mol. The van der Waals surface area contributed by atoms with Crippen molar-refractivity contribution in [3.63, 3.8) is 0 Å². The summed E-state index contributed by atoms with van der Waals surface area (Å²) in [5.41, 5.74) is 0.826. The molecule has 0 unspecified atom stereocenters. The maximum absolute atomic E-state index is 12.6. The molecule has 0 aliphatic carbocycles. The standard InChI is InChI=1S/C18H14F5N3O/c19-15(20)16-25-13-6-3-11(9-14(13)26-16)17(27)24-8-7-10-1-4-12(5-2-10)18(21,22)23/h1-6,9,15H,7-8H2,(H,24,27)(H,25,26). The molecule has 1 amide bonds. The first-order valence-corrected chi connectivity index (χ1v) is 7.96. The summed E-state index contributed by atoms with van der Waals surface area (Å²) in [6.07, 6.45) is -6.77. The quantitative estimate of drug-likeness (QED) is 0.638. The van der Waals surface area contributed by atoms with E-state index in [0.29, 0.717) is 23.0 Å². The highest BCUT2D eigenvalue weighted by atomic mass is 19.4. The molecule has 9 heteroatoms.